The molecular weight excluding hydrogens is 384 g/mol. The lowest BCUT2D eigenvalue weighted by Gasteiger charge is -2.16. The quantitative estimate of drug-likeness (QED) is 0.648. The van der Waals surface area contributed by atoms with Crippen molar-refractivity contribution in [2.45, 2.75) is 25.8 Å². The van der Waals surface area contributed by atoms with E-state index >= 15 is 0 Å². The largest absolute Gasteiger partial charge is 0.494 e. The van der Waals surface area contributed by atoms with Crippen molar-refractivity contribution in [1.29, 1.82) is 0 Å². The Morgan fingerprint density at radius 3 is 2.70 bits per heavy atom. The van der Waals surface area contributed by atoms with Gasteiger partial charge in [0, 0.05) is 30.1 Å². The van der Waals surface area contributed by atoms with Crippen LogP contribution in [0.2, 0.25) is 0 Å². The molecule has 1 unspecified atom stereocenters. The molecule has 4 rings (SSSR count). The lowest BCUT2D eigenvalue weighted by Crippen LogP contribution is -2.24. The van der Waals surface area contributed by atoms with Crippen LogP contribution in [0.1, 0.15) is 41.3 Å². The first-order valence-electron chi connectivity index (χ1n) is 9.83. The monoisotopic (exact) mass is 406 g/mol. The van der Waals surface area contributed by atoms with Gasteiger partial charge in [0.2, 0.25) is 11.8 Å². The molecule has 8 nitrogen and oxygen atoms in total. The van der Waals surface area contributed by atoms with Gasteiger partial charge in [-0.15, -0.1) is 0 Å². The van der Waals surface area contributed by atoms with E-state index in [1.165, 1.54) is 0 Å². The summed E-state index contributed by atoms with van der Waals surface area (Å²) in [5.41, 5.74) is 1.37. The molecule has 0 spiro atoms. The fourth-order valence-electron chi connectivity index (χ4n) is 3.37. The van der Waals surface area contributed by atoms with Crippen LogP contribution in [0.4, 0.5) is 5.69 Å². The molecule has 154 valence electrons. The lowest BCUT2D eigenvalue weighted by atomic mass is 10.1. The molecule has 2 heterocycles. The van der Waals surface area contributed by atoms with Crippen LogP contribution in [0.5, 0.6) is 5.75 Å². The Hall–Kier alpha value is -3.68. The molecule has 1 aromatic heterocycles. The van der Waals surface area contributed by atoms with Crippen molar-refractivity contribution in [3.63, 3.8) is 0 Å². The second-order valence-corrected chi connectivity index (χ2v) is 6.93. The summed E-state index contributed by atoms with van der Waals surface area (Å²) in [6.07, 6.45) is 0.308. The summed E-state index contributed by atoms with van der Waals surface area (Å²) in [6, 6.07) is 16.3. The molecule has 1 N–H and O–H groups in total. The van der Waals surface area contributed by atoms with E-state index in [1.54, 1.807) is 29.2 Å². The zero-order valence-electron chi connectivity index (χ0n) is 16.6. The molecule has 1 aliphatic heterocycles. The summed E-state index contributed by atoms with van der Waals surface area (Å²) in [5.74, 6) is 1.18. The molecule has 1 aliphatic rings. The Balaban J connectivity index is 1.36. The van der Waals surface area contributed by atoms with Crippen LogP contribution >= 0.6 is 0 Å². The van der Waals surface area contributed by atoms with Crippen LogP contribution < -0.4 is 15.0 Å². The van der Waals surface area contributed by atoms with Gasteiger partial charge in [0.1, 0.15) is 5.75 Å². The van der Waals surface area contributed by atoms with Gasteiger partial charge in [-0.3, -0.25) is 9.59 Å². The van der Waals surface area contributed by atoms with Crippen molar-refractivity contribution in [1.82, 2.24) is 15.5 Å². The van der Waals surface area contributed by atoms with E-state index in [1.807, 2.05) is 37.3 Å². The van der Waals surface area contributed by atoms with Crippen molar-refractivity contribution in [2.75, 3.05) is 18.1 Å². The highest BCUT2D eigenvalue weighted by molar-refractivity contribution is 5.96. The predicted octanol–water partition coefficient (Wildman–Crippen LogP) is 2.92. The molecule has 2 aromatic carbocycles. The van der Waals surface area contributed by atoms with Crippen molar-refractivity contribution in [3.05, 3.63) is 71.9 Å². The van der Waals surface area contributed by atoms with Gasteiger partial charge in [-0.05, 0) is 43.3 Å². The predicted molar refractivity (Wildman–Crippen MR) is 109 cm³/mol. The topological polar surface area (TPSA) is 97.6 Å². The third-order valence-corrected chi connectivity index (χ3v) is 4.87. The number of rotatable bonds is 7. The SMILES string of the molecule is CCOc1ccc(N2CC(c3noc(CNC(=O)c4ccccc4)n3)CC2=O)cc1. The van der Waals surface area contributed by atoms with Crippen molar-refractivity contribution >= 4 is 17.5 Å². The number of carbonyl (C=O) groups excluding carboxylic acids is 2. The zero-order chi connectivity index (χ0) is 20.9. The number of benzene rings is 2. The highest BCUT2D eigenvalue weighted by Crippen LogP contribution is 2.31. The minimum Gasteiger partial charge on any atom is -0.494 e. The molecule has 2 amide bonds. The van der Waals surface area contributed by atoms with E-state index in [4.69, 9.17) is 9.26 Å². The van der Waals surface area contributed by atoms with Crippen LogP contribution in [0.3, 0.4) is 0 Å². The van der Waals surface area contributed by atoms with E-state index in [9.17, 15) is 9.59 Å². The number of hydrogen-bond acceptors (Lipinski definition) is 6. The minimum absolute atomic E-state index is 0.00731. The summed E-state index contributed by atoms with van der Waals surface area (Å²) in [6.45, 7) is 3.12. The first-order valence-corrected chi connectivity index (χ1v) is 9.83. The Kier molecular flexibility index (Phi) is 5.74. The maximum Gasteiger partial charge on any atom is 0.251 e. The lowest BCUT2D eigenvalue weighted by molar-refractivity contribution is -0.117. The highest BCUT2D eigenvalue weighted by Gasteiger charge is 2.34. The summed E-state index contributed by atoms with van der Waals surface area (Å²) in [5, 5.41) is 6.77. The second-order valence-electron chi connectivity index (χ2n) is 6.93. The third kappa shape index (κ3) is 4.32. The standard InChI is InChI=1S/C22H22N4O4/c1-2-29-18-10-8-17(9-11-18)26-14-16(12-20(26)27)21-24-19(30-25-21)13-23-22(28)15-6-4-3-5-7-15/h3-11,16H,2,12-14H2,1H3,(H,23,28). The van der Waals surface area contributed by atoms with Crippen LogP contribution in [0, 0.1) is 0 Å². The number of aromatic nitrogens is 2. The molecular formula is C22H22N4O4. The van der Waals surface area contributed by atoms with Gasteiger partial charge in [-0.1, -0.05) is 23.4 Å². The van der Waals surface area contributed by atoms with E-state index < -0.39 is 0 Å². The van der Waals surface area contributed by atoms with Gasteiger partial charge in [0.15, 0.2) is 5.82 Å². The van der Waals surface area contributed by atoms with Gasteiger partial charge >= 0.3 is 0 Å². The van der Waals surface area contributed by atoms with Gasteiger partial charge in [-0.25, -0.2) is 0 Å². The van der Waals surface area contributed by atoms with Crippen LogP contribution in [-0.2, 0) is 11.3 Å². The van der Waals surface area contributed by atoms with Crippen LogP contribution in [0.15, 0.2) is 59.1 Å². The summed E-state index contributed by atoms with van der Waals surface area (Å²) in [7, 11) is 0. The number of amides is 2. The second kappa shape index (κ2) is 8.77. The summed E-state index contributed by atoms with van der Waals surface area (Å²) in [4.78, 5) is 30.7. The summed E-state index contributed by atoms with van der Waals surface area (Å²) >= 11 is 0. The Bertz CT molecular complexity index is 1020. The van der Waals surface area contributed by atoms with E-state index in [0.717, 1.165) is 11.4 Å². The van der Waals surface area contributed by atoms with Crippen molar-refractivity contribution in [3.8, 4) is 5.75 Å². The smallest absolute Gasteiger partial charge is 0.251 e. The fourth-order valence-corrected chi connectivity index (χ4v) is 3.37. The van der Waals surface area contributed by atoms with Gasteiger partial charge < -0.3 is 19.5 Å². The Morgan fingerprint density at radius 1 is 1.20 bits per heavy atom. The Morgan fingerprint density at radius 2 is 1.97 bits per heavy atom. The van der Waals surface area contributed by atoms with Crippen molar-refractivity contribution in [2.24, 2.45) is 0 Å². The van der Waals surface area contributed by atoms with E-state index in [0.29, 0.717) is 36.9 Å². The number of nitrogens with one attached hydrogen (secondary N) is 1. The first-order chi connectivity index (χ1) is 14.6. The highest BCUT2D eigenvalue weighted by atomic mass is 16.5. The van der Waals surface area contributed by atoms with Gasteiger partial charge in [0.05, 0.1) is 13.2 Å². The molecule has 0 aliphatic carbocycles. The van der Waals surface area contributed by atoms with Crippen molar-refractivity contribution < 1.29 is 18.8 Å². The third-order valence-electron chi connectivity index (χ3n) is 4.87. The number of hydrogen-bond donors (Lipinski definition) is 1. The number of carbonyl (C=O) groups is 2. The maximum absolute atomic E-state index is 12.5. The molecule has 0 bridgehead atoms. The molecule has 1 fully saturated rings. The maximum atomic E-state index is 12.5. The molecule has 0 saturated carbocycles. The zero-order valence-corrected chi connectivity index (χ0v) is 16.6. The first kappa shape index (κ1) is 19.6. The van der Waals surface area contributed by atoms with Gasteiger partial charge in [0.25, 0.3) is 5.91 Å². The molecule has 1 atom stereocenters. The molecule has 1 saturated heterocycles. The fraction of sp³-hybridized carbons (Fsp3) is 0.273. The molecule has 0 radical (unpaired) electrons. The molecule has 3 aromatic rings. The minimum atomic E-state index is -0.215. The summed E-state index contributed by atoms with van der Waals surface area (Å²) < 4.78 is 10.7. The van der Waals surface area contributed by atoms with Gasteiger partial charge in [-0.2, -0.15) is 4.98 Å². The number of anilines is 1. The van der Waals surface area contributed by atoms with E-state index in [-0.39, 0.29) is 24.3 Å². The van der Waals surface area contributed by atoms with Crippen LogP contribution in [-0.4, -0.2) is 35.1 Å². The normalized spacial score (nSPS) is 16.0. The van der Waals surface area contributed by atoms with Crippen LogP contribution in [0.25, 0.3) is 0 Å². The molecule has 30 heavy (non-hydrogen) atoms. The number of ether oxygens (including phenoxy) is 1. The Labute approximate surface area is 173 Å². The average Bonchev–Trinajstić information content (AvgIpc) is 3.40. The van der Waals surface area contributed by atoms with E-state index in [2.05, 4.69) is 15.5 Å². The number of nitrogens with zero attached hydrogens (tertiary/aromatic N) is 3. The molecule has 8 heteroatoms. The average molecular weight is 406 g/mol.